The van der Waals surface area contributed by atoms with Crippen LogP contribution >= 0.6 is 0 Å². The maximum absolute atomic E-state index is 12.6. The van der Waals surface area contributed by atoms with Gasteiger partial charge in [-0.05, 0) is 44.0 Å². The third-order valence-electron chi connectivity index (χ3n) is 4.97. The second kappa shape index (κ2) is 4.84. The number of aryl methyl sites for hydroxylation is 1. The number of hydrogen-bond donors (Lipinski definition) is 1. The molecule has 5 nitrogen and oxygen atoms in total. The number of carbonyl (C=O) groups is 1. The molecule has 0 saturated carbocycles. The normalized spacial score (nSPS) is 28.0. The van der Waals surface area contributed by atoms with Gasteiger partial charge in [0.2, 0.25) is 0 Å². The Morgan fingerprint density at radius 1 is 1.33 bits per heavy atom. The Morgan fingerprint density at radius 3 is 2.86 bits per heavy atom. The molecule has 5 rings (SSSR count). The second-order valence-electron chi connectivity index (χ2n) is 6.25. The van der Waals surface area contributed by atoms with E-state index in [1.807, 2.05) is 29.8 Å². The van der Waals surface area contributed by atoms with Crippen LogP contribution in [0.2, 0.25) is 0 Å². The molecule has 3 saturated heterocycles. The molecule has 5 heteroatoms. The molecule has 4 heterocycles. The number of aromatic nitrogens is 2. The van der Waals surface area contributed by atoms with E-state index in [1.165, 1.54) is 25.9 Å². The summed E-state index contributed by atoms with van der Waals surface area (Å²) in [4.78, 5) is 19.5. The molecular weight excluding hydrogens is 264 g/mol. The van der Waals surface area contributed by atoms with E-state index in [-0.39, 0.29) is 5.91 Å². The highest BCUT2D eigenvalue weighted by Crippen LogP contribution is 2.28. The molecule has 21 heavy (non-hydrogen) atoms. The number of nitrogens with zero attached hydrogens (tertiary/aromatic N) is 3. The number of nitrogens with one attached hydrogen (secondary N) is 1. The first kappa shape index (κ1) is 12.8. The molecule has 2 bridgehead atoms. The van der Waals surface area contributed by atoms with Crippen molar-refractivity contribution in [2.75, 3.05) is 19.6 Å². The quantitative estimate of drug-likeness (QED) is 0.907. The first-order chi connectivity index (χ1) is 10.2. The predicted molar refractivity (Wildman–Crippen MR) is 81.1 cm³/mol. The molecule has 1 unspecified atom stereocenters. The summed E-state index contributed by atoms with van der Waals surface area (Å²) in [7, 11) is 1.95. The fourth-order valence-electron chi connectivity index (χ4n) is 3.72. The summed E-state index contributed by atoms with van der Waals surface area (Å²) in [5, 5.41) is 3.24. The van der Waals surface area contributed by atoms with E-state index < -0.39 is 0 Å². The summed E-state index contributed by atoms with van der Waals surface area (Å²) >= 11 is 0. The van der Waals surface area contributed by atoms with E-state index in [1.54, 1.807) is 6.33 Å². The van der Waals surface area contributed by atoms with Gasteiger partial charge < -0.3 is 14.8 Å². The van der Waals surface area contributed by atoms with Crippen LogP contribution in [0.4, 0.5) is 0 Å². The van der Waals surface area contributed by atoms with Gasteiger partial charge in [-0.25, -0.2) is 4.98 Å². The molecule has 3 aliphatic heterocycles. The lowest BCUT2D eigenvalue weighted by atomic mass is 9.84. The minimum atomic E-state index is 0.0121. The highest BCUT2D eigenvalue weighted by molar-refractivity contribution is 6.05. The summed E-state index contributed by atoms with van der Waals surface area (Å²) in [5.74, 6) is 0.653. The van der Waals surface area contributed by atoms with Crippen LogP contribution in [-0.2, 0) is 7.05 Å². The standard InChI is InChI=1S/C16H20N4O/c1-19-10-17-15-12(3-2-4-14(15)19)16(21)18-13-9-20-7-5-11(13)6-8-20/h2-4,10-11,13H,5-9H2,1H3,(H,18,21). The molecule has 0 spiro atoms. The Bertz CT molecular complexity index is 685. The molecule has 1 aromatic carbocycles. The fraction of sp³-hybridized carbons (Fsp3) is 0.500. The molecule has 1 N–H and O–H groups in total. The molecule has 0 aliphatic carbocycles. The number of hydrogen-bond acceptors (Lipinski definition) is 3. The maximum atomic E-state index is 12.6. The number of carbonyl (C=O) groups excluding carboxylic acids is 1. The molecule has 110 valence electrons. The zero-order chi connectivity index (χ0) is 14.4. The van der Waals surface area contributed by atoms with Crippen LogP contribution in [0.3, 0.4) is 0 Å². The summed E-state index contributed by atoms with van der Waals surface area (Å²) in [6, 6.07) is 6.08. The van der Waals surface area contributed by atoms with Gasteiger partial charge in [-0.3, -0.25) is 4.79 Å². The summed E-state index contributed by atoms with van der Waals surface area (Å²) < 4.78 is 1.94. The SMILES string of the molecule is Cn1cnc2c(C(=O)NC3CN4CCC3CC4)cccc21. The maximum Gasteiger partial charge on any atom is 0.253 e. The van der Waals surface area contributed by atoms with Crippen molar-refractivity contribution in [2.24, 2.45) is 13.0 Å². The van der Waals surface area contributed by atoms with Gasteiger partial charge in [0.25, 0.3) is 5.91 Å². The van der Waals surface area contributed by atoms with Crippen molar-refractivity contribution in [2.45, 2.75) is 18.9 Å². The third kappa shape index (κ3) is 2.12. The minimum absolute atomic E-state index is 0.0121. The Kier molecular flexibility index (Phi) is 2.96. The van der Waals surface area contributed by atoms with Crippen molar-refractivity contribution < 1.29 is 4.79 Å². The fourth-order valence-corrected chi connectivity index (χ4v) is 3.72. The van der Waals surface area contributed by atoms with Gasteiger partial charge >= 0.3 is 0 Å². The third-order valence-corrected chi connectivity index (χ3v) is 4.97. The number of piperidine rings is 3. The van der Waals surface area contributed by atoms with E-state index in [4.69, 9.17) is 0 Å². The first-order valence-electron chi connectivity index (χ1n) is 7.65. The van der Waals surface area contributed by atoms with E-state index in [0.29, 0.717) is 17.5 Å². The van der Waals surface area contributed by atoms with Gasteiger partial charge in [-0.1, -0.05) is 6.07 Å². The van der Waals surface area contributed by atoms with Crippen molar-refractivity contribution >= 4 is 16.9 Å². The first-order valence-corrected chi connectivity index (χ1v) is 7.65. The Hall–Kier alpha value is -1.88. The lowest BCUT2D eigenvalue weighted by Gasteiger charge is -2.44. The van der Waals surface area contributed by atoms with Crippen LogP contribution in [0, 0.1) is 5.92 Å². The monoisotopic (exact) mass is 284 g/mol. The van der Waals surface area contributed by atoms with Crippen LogP contribution in [0.1, 0.15) is 23.2 Å². The van der Waals surface area contributed by atoms with Gasteiger partial charge in [0.05, 0.1) is 17.4 Å². The number of para-hydroxylation sites is 1. The van der Waals surface area contributed by atoms with Gasteiger partial charge in [0.15, 0.2) is 0 Å². The molecule has 1 amide bonds. The average Bonchev–Trinajstić information content (AvgIpc) is 2.90. The minimum Gasteiger partial charge on any atom is -0.348 e. The zero-order valence-corrected chi connectivity index (χ0v) is 12.2. The summed E-state index contributed by atoms with van der Waals surface area (Å²) in [6.07, 6.45) is 4.17. The van der Waals surface area contributed by atoms with Crippen LogP contribution in [0.15, 0.2) is 24.5 Å². The molecular formula is C16H20N4O. The molecule has 3 fully saturated rings. The Labute approximate surface area is 123 Å². The lowest BCUT2D eigenvalue weighted by Crippen LogP contribution is -2.57. The number of imidazole rings is 1. The molecule has 2 aromatic rings. The van der Waals surface area contributed by atoms with Gasteiger partial charge in [0.1, 0.15) is 5.52 Å². The number of benzene rings is 1. The molecule has 0 radical (unpaired) electrons. The van der Waals surface area contributed by atoms with Crippen molar-refractivity contribution in [3.63, 3.8) is 0 Å². The summed E-state index contributed by atoms with van der Waals surface area (Å²) in [5.41, 5.74) is 2.47. The zero-order valence-electron chi connectivity index (χ0n) is 12.2. The number of rotatable bonds is 2. The highest BCUT2D eigenvalue weighted by Gasteiger charge is 2.35. The molecule has 1 aromatic heterocycles. The number of amides is 1. The van der Waals surface area contributed by atoms with E-state index in [0.717, 1.165) is 17.6 Å². The topological polar surface area (TPSA) is 50.2 Å². The highest BCUT2D eigenvalue weighted by atomic mass is 16.1. The molecule has 1 atom stereocenters. The Morgan fingerprint density at radius 2 is 2.14 bits per heavy atom. The van der Waals surface area contributed by atoms with Crippen LogP contribution < -0.4 is 5.32 Å². The summed E-state index contributed by atoms with van der Waals surface area (Å²) in [6.45, 7) is 3.37. The Balaban J connectivity index is 1.59. The van der Waals surface area contributed by atoms with Gasteiger partial charge in [-0.2, -0.15) is 0 Å². The van der Waals surface area contributed by atoms with Gasteiger partial charge in [-0.15, -0.1) is 0 Å². The second-order valence-corrected chi connectivity index (χ2v) is 6.25. The van der Waals surface area contributed by atoms with E-state index in [9.17, 15) is 4.79 Å². The van der Waals surface area contributed by atoms with Crippen LogP contribution in [-0.4, -0.2) is 46.0 Å². The largest absolute Gasteiger partial charge is 0.348 e. The van der Waals surface area contributed by atoms with Crippen molar-refractivity contribution in [1.29, 1.82) is 0 Å². The smallest absolute Gasteiger partial charge is 0.253 e. The molecule has 3 aliphatic rings. The van der Waals surface area contributed by atoms with Crippen LogP contribution in [0.5, 0.6) is 0 Å². The van der Waals surface area contributed by atoms with E-state index in [2.05, 4.69) is 15.2 Å². The van der Waals surface area contributed by atoms with Crippen molar-refractivity contribution in [3.8, 4) is 0 Å². The van der Waals surface area contributed by atoms with Crippen LogP contribution in [0.25, 0.3) is 11.0 Å². The number of fused-ring (bicyclic) bond motifs is 4. The average molecular weight is 284 g/mol. The lowest BCUT2D eigenvalue weighted by molar-refractivity contribution is 0.0621. The van der Waals surface area contributed by atoms with Gasteiger partial charge in [0, 0.05) is 19.6 Å². The predicted octanol–water partition coefficient (Wildman–Crippen LogP) is 1.40. The van der Waals surface area contributed by atoms with E-state index >= 15 is 0 Å². The van der Waals surface area contributed by atoms with Crippen molar-refractivity contribution in [1.82, 2.24) is 19.8 Å². The van der Waals surface area contributed by atoms with Crippen molar-refractivity contribution in [3.05, 3.63) is 30.1 Å².